The Hall–Kier alpha value is -1.30. The Morgan fingerprint density at radius 1 is 1.36 bits per heavy atom. The number of aliphatic imine (C=N–C) groups is 1. The van der Waals surface area contributed by atoms with Gasteiger partial charge in [-0.25, -0.2) is 4.99 Å². The molecule has 0 aliphatic carbocycles. The highest BCUT2D eigenvalue weighted by molar-refractivity contribution is 5.34. The second kappa shape index (κ2) is 7.31. The highest BCUT2D eigenvalue weighted by Crippen LogP contribution is 2.27. The molecule has 0 amide bonds. The van der Waals surface area contributed by atoms with Gasteiger partial charge < -0.3 is 5.32 Å². The first kappa shape index (κ1) is 18.7. The first-order valence-electron chi connectivity index (χ1n) is 7.46. The normalized spacial score (nSPS) is 22.0. The number of nitrogens with zero attached hydrogens (tertiary/aromatic N) is 2. The summed E-state index contributed by atoms with van der Waals surface area (Å²) in [4.78, 5) is 5.39. The lowest BCUT2D eigenvalue weighted by Crippen LogP contribution is -2.36. The lowest BCUT2D eigenvalue weighted by Gasteiger charge is -2.22. The summed E-state index contributed by atoms with van der Waals surface area (Å²) in [6.45, 7) is 11.8. The molecule has 1 N–H and O–H groups in total. The molecule has 0 aromatic rings. The fourth-order valence-corrected chi connectivity index (χ4v) is 2.57. The summed E-state index contributed by atoms with van der Waals surface area (Å²) in [5.41, 5.74) is 1.08. The van der Waals surface area contributed by atoms with Gasteiger partial charge in [-0.3, -0.25) is 4.90 Å². The van der Waals surface area contributed by atoms with Crippen LogP contribution in [0.3, 0.4) is 0 Å². The molecule has 6 heteroatoms. The second-order valence-corrected chi connectivity index (χ2v) is 6.66. The van der Waals surface area contributed by atoms with Crippen LogP contribution in [0.15, 0.2) is 28.5 Å². The molecule has 22 heavy (non-hydrogen) atoms. The van der Waals surface area contributed by atoms with E-state index in [2.05, 4.69) is 37.8 Å². The van der Waals surface area contributed by atoms with Gasteiger partial charge in [-0.05, 0) is 37.1 Å². The van der Waals surface area contributed by atoms with Crippen molar-refractivity contribution >= 4 is 6.72 Å². The van der Waals surface area contributed by atoms with Gasteiger partial charge in [-0.15, -0.1) is 0 Å². The Morgan fingerprint density at radius 3 is 2.45 bits per heavy atom. The van der Waals surface area contributed by atoms with Crippen LogP contribution in [0.2, 0.25) is 0 Å². The number of nitrogens with one attached hydrogen (secondary N) is 1. The summed E-state index contributed by atoms with van der Waals surface area (Å²) >= 11 is 0. The maximum Gasteiger partial charge on any atom is 0.401 e. The van der Waals surface area contributed by atoms with E-state index in [0.29, 0.717) is 25.3 Å². The van der Waals surface area contributed by atoms with Crippen molar-refractivity contribution in [1.29, 1.82) is 0 Å². The molecule has 0 aromatic carbocycles. The maximum atomic E-state index is 12.4. The molecule has 0 radical (unpaired) electrons. The first-order chi connectivity index (χ1) is 10.0. The zero-order valence-corrected chi connectivity index (χ0v) is 13.8. The Morgan fingerprint density at radius 2 is 2.00 bits per heavy atom. The number of hydrogen-bond acceptors (Lipinski definition) is 3. The molecule has 0 saturated carbocycles. The lowest BCUT2D eigenvalue weighted by molar-refractivity contribution is -0.143. The van der Waals surface area contributed by atoms with Crippen LogP contribution in [0.4, 0.5) is 13.2 Å². The molecule has 1 atom stereocenters. The number of allylic oxidation sites excluding steroid dienone is 3. The highest BCUT2D eigenvalue weighted by atomic mass is 19.4. The van der Waals surface area contributed by atoms with Gasteiger partial charge in [0, 0.05) is 19.1 Å². The molecule has 1 rings (SSSR count). The molecule has 0 aromatic heterocycles. The first-order valence-corrected chi connectivity index (χ1v) is 7.46. The van der Waals surface area contributed by atoms with Crippen molar-refractivity contribution < 1.29 is 13.2 Å². The largest absolute Gasteiger partial charge is 0.401 e. The van der Waals surface area contributed by atoms with Gasteiger partial charge in [0.15, 0.2) is 0 Å². The molecular formula is C16H26F3N3. The van der Waals surface area contributed by atoms with E-state index in [1.54, 1.807) is 0 Å². The standard InChI is InChI=1S/C16H26F3N3/c1-6-12(15(2,3)4)9-14(20-5)21-13-7-8-22(10-13)11-16(17,18)19/h6,9,13,21H,5,7-8,10-11H2,1-4H3/b12-6+,14-9+. The molecule has 0 bridgehead atoms. The molecule has 1 heterocycles. The van der Waals surface area contributed by atoms with E-state index in [0.717, 1.165) is 5.57 Å². The van der Waals surface area contributed by atoms with Crippen LogP contribution < -0.4 is 5.32 Å². The predicted molar refractivity (Wildman–Crippen MR) is 84.9 cm³/mol. The number of hydrogen-bond donors (Lipinski definition) is 1. The van der Waals surface area contributed by atoms with Crippen molar-refractivity contribution in [3.8, 4) is 0 Å². The van der Waals surface area contributed by atoms with Crippen LogP contribution in [0, 0.1) is 5.41 Å². The SMILES string of the molecule is C=N/C(=C\C(=C/C)C(C)(C)C)NC1CCN(CC(F)(F)F)C1. The van der Waals surface area contributed by atoms with Crippen molar-refractivity contribution in [3.63, 3.8) is 0 Å². The highest BCUT2D eigenvalue weighted by Gasteiger charge is 2.34. The summed E-state index contributed by atoms with van der Waals surface area (Å²) in [5.74, 6) is 0.613. The molecule has 1 unspecified atom stereocenters. The average molecular weight is 317 g/mol. The van der Waals surface area contributed by atoms with Crippen LogP contribution in [0.1, 0.15) is 34.1 Å². The van der Waals surface area contributed by atoms with E-state index >= 15 is 0 Å². The molecule has 0 spiro atoms. The minimum Gasteiger partial charge on any atom is -0.366 e. The quantitative estimate of drug-likeness (QED) is 0.618. The van der Waals surface area contributed by atoms with E-state index < -0.39 is 12.7 Å². The van der Waals surface area contributed by atoms with Crippen molar-refractivity contribution in [1.82, 2.24) is 10.2 Å². The van der Waals surface area contributed by atoms with Gasteiger partial charge in [0.1, 0.15) is 5.82 Å². The zero-order chi connectivity index (χ0) is 17.0. The van der Waals surface area contributed by atoms with Gasteiger partial charge in [-0.1, -0.05) is 26.8 Å². The topological polar surface area (TPSA) is 27.6 Å². The molecule has 1 saturated heterocycles. The molecule has 126 valence electrons. The van der Waals surface area contributed by atoms with E-state index in [1.165, 1.54) is 4.90 Å². The minimum absolute atomic E-state index is 0.0234. The van der Waals surface area contributed by atoms with E-state index in [9.17, 15) is 13.2 Å². The van der Waals surface area contributed by atoms with Crippen LogP contribution in [0.25, 0.3) is 0 Å². The lowest BCUT2D eigenvalue weighted by atomic mass is 9.86. The Labute approximate surface area is 131 Å². The van der Waals surface area contributed by atoms with Crippen LogP contribution in [0.5, 0.6) is 0 Å². The molecule has 1 fully saturated rings. The summed E-state index contributed by atoms with van der Waals surface area (Å²) in [7, 11) is 0. The van der Waals surface area contributed by atoms with Crippen LogP contribution in [-0.2, 0) is 0 Å². The Kier molecular flexibility index (Phi) is 6.23. The summed E-state index contributed by atoms with van der Waals surface area (Å²) < 4.78 is 37.2. The fraction of sp³-hybridized carbons (Fsp3) is 0.688. The zero-order valence-electron chi connectivity index (χ0n) is 13.8. The van der Waals surface area contributed by atoms with Crippen LogP contribution in [-0.4, -0.2) is 43.5 Å². The van der Waals surface area contributed by atoms with E-state index in [4.69, 9.17) is 0 Å². The smallest absolute Gasteiger partial charge is 0.366 e. The molecule has 1 aliphatic rings. The summed E-state index contributed by atoms with van der Waals surface area (Å²) in [6.07, 6.45) is 0.453. The van der Waals surface area contributed by atoms with Gasteiger partial charge in [-0.2, -0.15) is 13.2 Å². The third-order valence-electron chi connectivity index (χ3n) is 3.67. The second-order valence-electron chi connectivity index (χ2n) is 6.66. The van der Waals surface area contributed by atoms with Crippen molar-refractivity contribution in [2.45, 2.75) is 46.3 Å². The van der Waals surface area contributed by atoms with E-state index in [1.807, 2.05) is 19.1 Å². The van der Waals surface area contributed by atoms with Crippen molar-refractivity contribution in [3.05, 3.63) is 23.5 Å². The Balaban J connectivity index is 2.67. The predicted octanol–water partition coefficient (Wildman–Crippen LogP) is 3.75. The molecule has 1 aliphatic heterocycles. The third kappa shape index (κ3) is 6.22. The van der Waals surface area contributed by atoms with Gasteiger partial charge >= 0.3 is 6.18 Å². The third-order valence-corrected chi connectivity index (χ3v) is 3.67. The molecule has 3 nitrogen and oxygen atoms in total. The van der Waals surface area contributed by atoms with Crippen molar-refractivity contribution in [2.75, 3.05) is 19.6 Å². The van der Waals surface area contributed by atoms with Gasteiger partial charge in [0.05, 0.1) is 6.54 Å². The fourth-order valence-electron chi connectivity index (χ4n) is 2.57. The van der Waals surface area contributed by atoms with Gasteiger partial charge in [0.2, 0.25) is 0 Å². The number of likely N-dealkylation sites (tertiary alicyclic amines) is 1. The number of halogens is 3. The molecular weight excluding hydrogens is 291 g/mol. The number of alkyl halides is 3. The van der Waals surface area contributed by atoms with Crippen molar-refractivity contribution in [2.24, 2.45) is 10.4 Å². The van der Waals surface area contributed by atoms with E-state index in [-0.39, 0.29) is 11.5 Å². The average Bonchev–Trinajstić information content (AvgIpc) is 2.77. The Bertz CT molecular complexity index is 445. The monoisotopic (exact) mass is 317 g/mol. The number of rotatable bonds is 5. The van der Waals surface area contributed by atoms with Gasteiger partial charge in [0.25, 0.3) is 0 Å². The summed E-state index contributed by atoms with van der Waals surface area (Å²) in [5, 5.41) is 3.20. The van der Waals surface area contributed by atoms with Crippen LogP contribution >= 0.6 is 0 Å². The maximum absolute atomic E-state index is 12.4. The minimum atomic E-state index is -4.14. The summed E-state index contributed by atoms with van der Waals surface area (Å²) in [6, 6.07) is -0.0304.